The molecule has 1 aliphatic rings. The molecule has 12 heteroatoms. The normalized spacial score (nSPS) is 18.2. The fraction of sp³-hybridized carbons (Fsp3) is 0.467. The number of benzene rings is 1. The molecule has 3 aromatic heterocycles. The van der Waals surface area contributed by atoms with Crippen molar-refractivity contribution in [2.24, 2.45) is 5.92 Å². The Morgan fingerprint density at radius 1 is 1.19 bits per heavy atom. The van der Waals surface area contributed by atoms with E-state index in [9.17, 15) is 24.8 Å². The van der Waals surface area contributed by atoms with Gasteiger partial charge in [-0.15, -0.1) is 4.80 Å². The lowest BCUT2D eigenvalue weighted by Crippen LogP contribution is -2.52. The smallest absolute Gasteiger partial charge is 0.333 e. The van der Waals surface area contributed by atoms with E-state index in [1.54, 1.807) is 6.92 Å². The summed E-state index contributed by atoms with van der Waals surface area (Å²) in [4.78, 5) is 42.2. The van der Waals surface area contributed by atoms with Gasteiger partial charge in [0.1, 0.15) is 21.5 Å². The molecule has 1 N–H and O–H groups in total. The van der Waals surface area contributed by atoms with E-state index in [0.29, 0.717) is 15.4 Å². The summed E-state index contributed by atoms with van der Waals surface area (Å²) in [6.45, 7) is 6.56. The summed E-state index contributed by atoms with van der Waals surface area (Å²) in [5.41, 5.74) is -0.652. The highest BCUT2D eigenvalue weighted by molar-refractivity contribution is 7.21. The van der Waals surface area contributed by atoms with Crippen LogP contribution in [0.2, 0.25) is 0 Å². The molecule has 1 aliphatic carbocycles. The second-order valence-corrected chi connectivity index (χ2v) is 12.2. The van der Waals surface area contributed by atoms with E-state index in [0.717, 1.165) is 47.8 Å². The van der Waals surface area contributed by atoms with Crippen LogP contribution in [0.25, 0.3) is 15.2 Å². The number of ether oxygens (including phenoxy) is 1. The first-order chi connectivity index (χ1) is 20.1. The zero-order valence-corrected chi connectivity index (χ0v) is 24.9. The lowest BCUT2D eigenvalue weighted by atomic mass is 9.88. The molecule has 11 nitrogen and oxygen atoms in total. The lowest BCUT2D eigenvalue weighted by Gasteiger charge is -2.31. The molecular weight excluding hydrogens is 556 g/mol. The summed E-state index contributed by atoms with van der Waals surface area (Å²) < 4.78 is 9.04. The predicted octanol–water partition coefficient (Wildman–Crippen LogP) is 4.34. The van der Waals surface area contributed by atoms with Gasteiger partial charge in [-0.3, -0.25) is 9.36 Å². The van der Waals surface area contributed by atoms with Crippen molar-refractivity contribution < 1.29 is 14.6 Å². The Kier molecular flexibility index (Phi) is 8.17. The minimum Gasteiger partial charge on any atom is -0.480 e. The lowest BCUT2D eigenvalue weighted by molar-refractivity contribution is -0.146. The molecule has 220 valence electrons. The molecule has 42 heavy (non-hydrogen) atoms. The second kappa shape index (κ2) is 11.7. The number of carbonyl (C=O) groups is 1. The van der Waals surface area contributed by atoms with Crippen LogP contribution in [0.15, 0.2) is 46.2 Å². The predicted molar refractivity (Wildman–Crippen MR) is 158 cm³/mol. The van der Waals surface area contributed by atoms with Gasteiger partial charge in [0, 0.05) is 11.5 Å². The quantitative estimate of drug-likeness (QED) is 0.303. The highest BCUT2D eigenvalue weighted by Crippen LogP contribution is 2.35. The number of aliphatic carboxylic acids is 1. The Bertz CT molecular complexity index is 1770. The maximum atomic E-state index is 14.2. The van der Waals surface area contributed by atoms with Crippen molar-refractivity contribution in [2.75, 3.05) is 0 Å². The number of carboxylic acid groups (broad SMARTS) is 1. The van der Waals surface area contributed by atoms with E-state index in [2.05, 4.69) is 23.2 Å². The van der Waals surface area contributed by atoms with Gasteiger partial charge in [-0.25, -0.2) is 14.2 Å². The number of aromatic nitrogens is 5. The third kappa shape index (κ3) is 5.18. The van der Waals surface area contributed by atoms with Crippen LogP contribution in [0, 0.1) is 24.2 Å². The van der Waals surface area contributed by atoms with Crippen LogP contribution in [0.1, 0.15) is 69.2 Å². The third-order valence-corrected chi connectivity index (χ3v) is 9.50. The number of nitrogens with zero attached hydrogens (tertiary/aromatic N) is 6. The zero-order chi connectivity index (χ0) is 30.2. The number of thiophene rings is 1. The van der Waals surface area contributed by atoms with Gasteiger partial charge in [-0.1, -0.05) is 42.5 Å². The summed E-state index contributed by atoms with van der Waals surface area (Å²) in [7, 11) is 0. The molecule has 1 aromatic carbocycles. The van der Waals surface area contributed by atoms with Crippen molar-refractivity contribution in [2.45, 2.75) is 84.1 Å². The number of rotatable bonds is 9. The minimum atomic E-state index is -1.81. The van der Waals surface area contributed by atoms with E-state index in [4.69, 9.17) is 4.74 Å². The number of fused-ring (bicyclic) bond motifs is 1. The van der Waals surface area contributed by atoms with Gasteiger partial charge < -0.3 is 9.84 Å². The SMILES string of the molecule is CCc1ccccc1[C@H](Cn1c(=O)n(C(C)(C)C(=O)O)c(=O)c2c(C)c(-n3nccn3)sc21)O[C@H]1CC[C@@H](C#N)CC1. The maximum absolute atomic E-state index is 14.2. The molecule has 0 spiro atoms. The largest absolute Gasteiger partial charge is 0.480 e. The highest BCUT2D eigenvalue weighted by Gasteiger charge is 2.36. The van der Waals surface area contributed by atoms with Crippen molar-refractivity contribution in [3.8, 4) is 11.1 Å². The summed E-state index contributed by atoms with van der Waals surface area (Å²) in [6, 6.07) is 10.3. The fourth-order valence-corrected chi connectivity index (χ4v) is 6.93. The highest BCUT2D eigenvalue weighted by atomic mass is 32.1. The average Bonchev–Trinajstić information content (AvgIpc) is 3.63. The number of aryl methyl sites for hydroxylation is 2. The number of nitriles is 1. The zero-order valence-electron chi connectivity index (χ0n) is 24.1. The first-order valence-electron chi connectivity index (χ1n) is 14.1. The third-order valence-electron chi connectivity index (χ3n) is 8.21. The van der Waals surface area contributed by atoms with Crippen molar-refractivity contribution >= 4 is 27.5 Å². The molecule has 5 rings (SSSR count). The summed E-state index contributed by atoms with van der Waals surface area (Å²) in [5.74, 6) is -1.29. The Hall–Kier alpha value is -4.08. The van der Waals surface area contributed by atoms with E-state index in [-0.39, 0.29) is 24.0 Å². The molecule has 1 atom stereocenters. The van der Waals surface area contributed by atoms with Gasteiger partial charge in [-0.2, -0.15) is 15.5 Å². The fourth-order valence-electron chi connectivity index (χ4n) is 5.71. The van der Waals surface area contributed by atoms with Crippen LogP contribution in [0.5, 0.6) is 0 Å². The van der Waals surface area contributed by atoms with Gasteiger partial charge in [0.25, 0.3) is 5.56 Å². The Morgan fingerprint density at radius 2 is 1.86 bits per heavy atom. The van der Waals surface area contributed by atoms with E-state index >= 15 is 0 Å². The molecule has 0 saturated heterocycles. The van der Waals surface area contributed by atoms with Gasteiger partial charge >= 0.3 is 11.7 Å². The van der Waals surface area contributed by atoms with Gasteiger partial charge in [0.2, 0.25) is 0 Å². The molecular formula is C30H34N6O5S. The monoisotopic (exact) mass is 590 g/mol. The average molecular weight is 591 g/mol. The van der Waals surface area contributed by atoms with E-state index in [1.807, 2.05) is 24.3 Å². The topological polar surface area (TPSA) is 145 Å². The summed E-state index contributed by atoms with van der Waals surface area (Å²) in [5, 5.41) is 28.7. The first kappa shape index (κ1) is 29.4. The second-order valence-electron chi connectivity index (χ2n) is 11.2. The van der Waals surface area contributed by atoms with Crippen molar-refractivity contribution in [1.29, 1.82) is 5.26 Å². The molecule has 0 amide bonds. The Labute approximate surface area is 246 Å². The molecule has 1 fully saturated rings. The van der Waals surface area contributed by atoms with Crippen LogP contribution in [-0.2, 0) is 28.0 Å². The number of hydrogen-bond donors (Lipinski definition) is 1. The van der Waals surface area contributed by atoms with Gasteiger partial charge in [-0.05, 0) is 64.0 Å². The van der Waals surface area contributed by atoms with E-state index < -0.39 is 28.9 Å². The van der Waals surface area contributed by atoms with Crippen molar-refractivity contribution in [1.82, 2.24) is 24.1 Å². The van der Waals surface area contributed by atoms with E-state index in [1.165, 1.54) is 46.9 Å². The van der Waals surface area contributed by atoms with Gasteiger partial charge in [0.15, 0.2) is 0 Å². The van der Waals surface area contributed by atoms with Crippen molar-refractivity contribution in [3.05, 3.63) is 74.2 Å². The maximum Gasteiger partial charge on any atom is 0.333 e. The number of carboxylic acids is 1. The standard InChI is InChI=1S/C30H34N6O5S/c1-5-20-8-6-7-9-22(20)23(41-21-12-10-19(16-31)11-13-21)17-34-27-24(18(2)26(42-27)36-32-14-15-33-36)25(37)35(29(34)40)30(3,4)28(38)39/h6-9,14-15,19,21,23H,5,10-13,17H2,1-4H3,(H,38,39)/t19-,21+,23-/m0/s1. The van der Waals surface area contributed by atoms with Crippen LogP contribution in [0.4, 0.5) is 0 Å². The molecule has 3 heterocycles. The van der Waals surface area contributed by atoms with Crippen LogP contribution in [0.3, 0.4) is 0 Å². The first-order valence-corrected chi connectivity index (χ1v) is 14.9. The summed E-state index contributed by atoms with van der Waals surface area (Å²) in [6.07, 6.45) is 6.08. The summed E-state index contributed by atoms with van der Waals surface area (Å²) >= 11 is 1.21. The Morgan fingerprint density at radius 3 is 2.48 bits per heavy atom. The van der Waals surface area contributed by atoms with Crippen LogP contribution < -0.4 is 11.2 Å². The van der Waals surface area contributed by atoms with Gasteiger partial charge in [0.05, 0.1) is 36.5 Å². The van der Waals surface area contributed by atoms with Crippen LogP contribution in [-0.4, -0.2) is 41.3 Å². The van der Waals surface area contributed by atoms with Crippen molar-refractivity contribution in [3.63, 3.8) is 0 Å². The molecule has 0 radical (unpaired) electrons. The molecule has 1 saturated carbocycles. The molecule has 0 bridgehead atoms. The molecule has 0 aliphatic heterocycles. The molecule has 4 aromatic rings. The Balaban J connectivity index is 1.72. The molecule has 0 unspecified atom stereocenters. The van der Waals surface area contributed by atoms with Crippen LogP contribution >= 0.6 is 11.3 Å². The minimum absolute atomic E-state index is 0.0127. The number of hydrogen-bond acceptors (Lipinski definition) is 8.